The van der Waals surface area contributed by atoms with Crippen molar-refractivity contribution in [2.75, 3.05) is 32.6 Å². The van der Waals surface area contributed by atoms with Gasteiger partial charge in [-0.3, -0.25) is 9.89 Å². The van der Waals surface area contributed by atoms with Crippen molar-refractivity contribution in [2.45, 2.75) is 50.9 Å². The summed E-state index contributed by atoms with van der Waals surface area (Å²) in [5, 5.41) is 7.01. The van der Waals surface area contributed by atoms with Gasteiger partial charge in [-0.05, 0) is 26.2 Å². The fourth-order valence-electron chi connectivity index (χ4n) is 3.65. The second-order valence-corrected chi connectivity index (χ2v) is 7.28. The maximum atomic E-state index is 4.45. The van der Waals surface area contributed by atoms with Crippen LogP contribution < -0.4 is 15.5 Å². The summed E-state index contributed by atoms with van der Waals surface area (Å²) in [6, 6.07) is 1.99. The zero-order valence-corrected chi connectivity index (χ0v) is 15.6. The molecule has 7 heteroatoms. The minimum Gasteiger partial charge on any atom is -0.352 e. The standard InChI is InChI=1S/C17H31N7/c1-12-8-13(11-24(12)14-6-7-14)21-16(18-2)19-9-15-10-20-17(22(3)4)23(15)5/h10,12-14H,6-9,11H2,1-5H3,(H2,18,19,21). The fraction of sp³-hybridized carbons (Fsp3) is 0.765. The van der Waals surface area contributed by atoms with E-state index < -0.39 is 0 Å². The molecule has 2 atom stereocenters. The molecule has 0 spiro atoms. The second kappa shape index (κ2) is 7.01. The fourth-order valence-corrected chi connectivity index (χ4v) is 3.65. The molecule has 24 heavy (non-hydrogen) atoms. The van der Waals surface area contributed by atoms with E-state index in [1.807, 2.05) is 39.3 Å². The van der Waals surface area contributed by atoms with Gasteiger partial charge in [0.25, 0.3) is 0 Å². The molecule has 2 N–H and O–H groups in total. The van der Waals surface area contributed by atoms with Crippen LogP contribution in [0.25, 0.3) is 0 Å². The molecule has 3 rings (SSSR count). The summed E-state index contributed by atoms with van der Waals surface area (Å²) in [4.78, 5) is 13.5. The Hall–Kier alpha value is -1.76. The van der Waals surface area contributed by atoms with Crippen LogP contribution in [0, 0.1) is 0 Å². The highest BCUT2D eigenvalue weighted by Gasteiger charge is 2.38. The van der Waals surface area contributed by atoms with Crippen molar-refractivity contribution in [3.05, 3.63) is 11.9 Å². The van der Waals surface area contributed by atoms with Gasteiger partial charge in [-0.15, -0.1) is 0 Å². The number of anilines is 1. The van der Waals surface area contributed by atoms with Gasteiger partial charge < -0.3 is 20.1 Å². The lowest BCUT2D eigenvalue weighted by molar-refractivity contribution is 0.256. The number of likely N-dealkylation sites (tertiary alicyclic amines) is 1. The molecule has 0 bridgehead atoms. The third-order valence-electron chi connectivity index (χ3n) is 5.10. The Bertz CT molecular complexity index is 588. The van der Waals surface area contributed by atoms with Crippen LogP contribution in [0.2, 0.25) is 0 Å². The lowest BCUT2D eigenvalue weighted by atomic mass is 10.2. The predicted octanol–water partition coefficient (Wildman–Crippen LogP) is 0.776. The van der Waals surface area contributed by atoms with Gasteiger partial charge in [-0.25, -0.2) is 4.98 Å². The number of nitrogens with one attached hydrogen (secondary N) is 2. The molecule has 0 radical (unpaired) electrons. The lowest BCUT2D eigenvalue weighted by Gasteiger charge is -2.20. The molecule has 1 aliphatic carbocycles. The molecule has 7 nitrogen and oxygen atoms in total. The molecule has 1 saturated heterocycles. The van der Waals surface area contributed by atoms with E-state index in [1.165, 1.54) is 19.3 Å². The van der Waals surface area contributed by atoms with Crippen LogP contribution in [-0.4, -0.2) is 66.2 Å². The van der Waals surface area contributed by atoms with E-state index >= 15 is 0 Å². The van der Waals surface area contributed by atoms with E-state index in [4.69, 9.17) is 0 Å². The zero-order chi connectivity index (χ0) is 17.3. The van der Waals surface area contributed by atoms with Gasteiger partial charge >= 0.3 is 0 Å². The van der Waals surface area contributed by atoms with Crippen molar-refractivity contribution in [3.63, 3.8) is 0 Å². The monoisotopic (exact) mass is 333 g/mol. The number of imidazole rings is 1. The lowest BCUT2D eigenvalue weighted by Crippen LogP contribution is -2.44. The minimum absolute atomic E-state index is 0.482. The molecule has 2 aliphatic rings. The zero-order valence-electron chi connectivity index (χ0n) is 15.6. The van der Waals surface area contributed by atoms with Crippen LogP contribution in [0.4, 0.5) is 5.95 Å². The van der Waals surface area contributed by atoms with Gasteiger partial charge in [-0.2, -0.15) is 0 Å². The third-order valence-corrected chi connectivity index (χ3v) is 5.10. The molecular weight excluding hydrogens is 302 g/mol. The summed E-state index contributed by atoms with van der Waals surface area (Å²) in [5.41, 5.74) is 1.14. The van der Waals surface area contributed by atoms with Crippen molar-refractivity contribution in [2.24, 2.45) is 12.0 Å². The average molecular weight is 333 g/mol. The molecule has 1 saturated carbocycles. The molecule has 2 heterocycles. The van der Waals surface area contributed by atoms with Gasteiger partial charge in [0, 0.05) is 52.9 Å². The normalized spacial score (nSPS) is 25.1. The highest BCUT2D eigenvalue weighted by molar-refractivity contribution is 5.80. The molecule has 2 unspecified atom stereocenters. The van der Waals surface area contributed by atoms with E-state index in [0.29, 0.717) is 18.6 Å². The number of nitrogens with zero attached hydrogens (tertiary/aromatic N) is 5. The molecule has 2 fully saturated rings. The first-order chi connectivity index (χ1) is 11.5. The Labute approximate surface area is 145 Å². The Morgan fingerprint density at radius 2 is 2.17 bits per heavy atom. The summed E-state index contributed by atoms with van der Waals surface area (Å²) in [7, 11) is 7.89. The summed E-state index contributed by atoms with van der Waals surface area (Å²) in [6.07, 6.45) is 5.85. The van der Waals surface area contributed by atoms with Gasteiger partial charge in [0.2, 0.25) is 5.95 Å². The highest BCUT2D eigenvalue weighted by Crippen LogP contribution is 2.33. The summed E-state index contributed by atoms with van der Waals surface area (Å²) in [5.74, 6) is 1.83. The SMILES string of the molecule is CN=C(NCc1cnc(N(C)C)n1C)NC1CC(C)N(C2CC2)C1. The largest absolute Gasteiger partial charge is 0.352 e. The quantitative estimate of drug-likeness (QED) is 0.616. The van der Waals surface area contributed by atoms with Crippen LogP contribution in [0.3, 0.4) is 0 Å². The second-order valence-electron chi connectivity index (χ2n) is 7.28. The Morgan fingerprint density at radius 1 is 1.42 bits per heavy atom. The van der Waals surface area contributed by atoms with Crippen LogP contribution in [0.1, 0.15) is 31.9 Å². The molecular formula is C17H31N7. The van der Waals surface area contributed by atoms with Gasteiger partial charge in [0.15, 0.2) is 5.96 Å². The maximum absolute atomic E-state index is 4.45. The summed E-state index contributed by atoms with van der Waals surface area (Å²) < 4.78 is 2.10. The van der Waals surface area contributed by atoms with Crippen molar-refractivity contribution >= 4 is 11.9 Å². The molecule has 0 amide bonds. The number of aliphatic imine (C=N–C) groups is 1. The van der Waals surface area contributed by atoms with Gasteiger partial charge in [0.05, 0.1) is 18.4 Å². The molecule has 0 aromatic carbocycles. The van der Waals surface area contributed by atoms with E-state index in [-0.39, 0.29) is 0 Å². The topological polar surface area (TPSA) is 60.7 Å². The molecule has 1 aromatic heterocycles. The van der Waals surface area contributed by atoms with Crippen molar-refractivity contribution in [3.8, 4) is 0 Å². The Kier molecular flexibility index (Phi) is 4.99. The van der Waals surface area contributed by atoms with E-state index in [9.17, 15) is 0 Å². The number of hydrogen-bond acceptors (Lipinski definition) is 4. The van der Waals surface area contributed by atoms with Gasteiger partial charge in [0.1, 0.15) is 0 Å². The Morgan fingerprint density at radius 3 is 2.75 bits per heavy atom. The number of hydrogen-bond donors (Lipinski definition) is 2. The van der Waals surface area contributed by atoms with Crippen molar-refractivity contribution < 1.29 is 0 Å². The smallest absolute Gasteiger partial charge is 0.204 e. The molecule has 1 aromatic rings. The summed E-state index contributed by atoms with van der Waals surface area (Å²) >= 11 is 0. The van der Waals surface area contributed by atoms with Crippen LogP contribution in [0.5, 0.6) is 0 Å². The Balaban J connectivity index is 1.52. The maximum Gasteiger partial charge on any atom is 0.204 e. The van der Waals surface area contributed by atoms with Crippen LogP contribution >= 0.6 is 0 Å². The van der Waals surface area contributed by atoms with Gasteiger partial charge in [-0.1, -0.05) is 0 Å². The van der Waals surface area contributed by atoms with Crippen molar-refractivity contribution in [1.82, 2.24) is 25.1 Å². The van der Waals surface area contributed by atoms with E-state index in [0.717, 1.165) is 30.2 Å². The third kappa shape index (κ3) is 3.66. The van der Waals surface area contributed by atoms with Crippen LogP contribution in [0.15, 0.2) is 11.2 Å². The number of guanidine groups is 1. The number of rotatable bonds is 5. The van der Waals surface area contributed by atoms with E-state index in [1.54, 1.807) is 0 Å². The number of aromatic nitrogens is 2. The van der Waals surface area contributed by atoms with E-state index in [2.05, 4.69) is 37.0 Å². The van der Waals surface area contributed by atoms with Crippen molar-refractivity contribution in [1.29, 1.82) is 0 Å². The average Bonchev–Trinajstić information content (AvgIpc) is 3.22. The minimum atomic E-state index is 0.482. The van der Waals surface area contributed by atoms with Crippen LogP contribution in [-0.2, 0) is 13.6 Å². The molecule has 1 aliphatic heterocycles. The first-order valence-electron chi connectivity index (χ1n) is 8.90. The first-order valence-corrected chi connectivity index (χ1v) is 8.90. The highest BCUT2D eigenvalue weighted by atomic mass is 15.3. The predicted molar refractivity (Wildman–Crippen MR) is 98.5 cm³/mol. The first kappa shape index (κ1) is 17.1. The molecule has 134 valence electrons. The summed E-state index contributed by atoms with van der Waals surface area (Å²) in [6.45, 7) is 4.18.